The monoisotopic (exact) mass is 298 g/mol. The van der Waals surface area contributed by atoms with Crippen LogP contribution in [0.5, 0.6) is 0 Å². The second kappa shape index (κ2) is 8.12. The lowest BCUT2D eigenvalue weighted by atomic mass is 10.2. The zero-order valence-electron chi connectivity index (χ0n) is 12.4. The van der Waals surface area contributed by atoms with Crippen molar-refractivity contribution in [1.29, 1.82) is 0 Å². The molecule has 112 valence electrons. The first-order valence-electron chi connectivity index (χ1n) is 6.99. The molecule has 0 fully saturated rings. The van der Waals surface area contributed by atoms with Crippen LogP contribution < -0.4 is 5.73 Å². The van der Waals surface area contributed by atoms with Crippen molar-refractivity contribution in [3.8, 4) is 0 Å². The van der Waals surface area contributed by atoms with E-state index in [-0.39, 0.29) is 6.04 Å². The van der Waals surface area contributed by atoms with Crippen molar-refractivity contribution in [3.63, 3.8) is 0 Å². The topological polar surface area (TPSA) is 55.6 Å². The number of carbonyl (C=O) groups excluding carboxylic acids is 1. The highest BCUT2D eigenvalue weighted by Crippen LogP contribution is 2.20. The normalized spacial score (nSPS) is 12.4. The van der Waals surface area contributed by atoms with E-state index in [2.05, 4.69) is 25.7 Å². The average Bonchev–Trinajstić information content (AvgIpc) is 2.43. The molecule has 0 saturated carbocycles. The van der Waals surface area contributed by atoms with Crippen LogP contribution >= 0.6 is 11.6 Å². The highest BCUT2D eigenvalue weighted by Gasteiger charge is 2.18. The standard InChI is InChI=1S/C15H23ClN2O2/c1-4-12(18(5-2)6-3)10-20-15(19)13-8-7-11(17)9-14(13)16/h7-9,12H,4-6,10,17H2,1-3H3. The van der Waals surface area contributed by atoms with E-state index in [9.17, 15) is 4.79 Å². The summed E-state index contributed by atoms with van der Waals surface area (Å²) < 4.78 is 5.38. The third-order valence-electron chi connectivity index (χ3n) is 3.42. The molecule has 0 radical (unpaired) electrons. The molecule has 0 aliphatic rings. The van der Waals surface area contributed by atoms with Gasteiger partial charge < -0.3 is 10.5 Å². The van der Waals surface area contributed by atoms with Crippen molar-refractivity contribution >= 4 is 23.3 Å². The van der Waals surface area contributed by atoms with E-state index in [0.717, 1.165) is 19.5 Å². The van der Waals surface area contributed by atoms with Gasteiger partial charge in [-0.15, -0.1) is 0 Å². The van der Waals surface area contributed by atoms with E-state index in [4.69, 9.17) is 22.1 Å². The first-order chi connectivity index (χ1) is 9.53. The number of benzene rings is 1. The van der Waals surface area contributed by atoms with Gasteiger partial charge >= 0.3 is 5.97 Å². The van der Waals surface area contributed by atoms with E-state index < -0.39 is 5.97 Å². The number of rotatable bonds is 7. The number of carbonyl (C=O) groups is 1. The molecular weight excluding hydrogens is 276 g/mol. The lowest BCUT2D eigenvalue weighted by Gasteiger charge is -2.28. The quantitative estimate of drug-likeness (QED) is 0.620. The number of esters is 1. The highest BCUT2D eigenvalue weighted by molar-refractivity contribution is 6.33. The second-order valence-electron chi connectivity index (χ2n) is 4.62. The molecule has 5 heteroatoms. The lowest BCUT2D eigenvalue weighted by molar-refractivity contribution is 0.0355. The fraction of sp³-hybridized carbons (Fsp3) is 0.533. The van der Waals surface area contributed by atoms with Crippen molar-refractivity contribution in [1.82, 2.24) is 4.90 Å². The van der Waals surface area contributed by atoms with Gasteiger partial charge in [0, 0.05) is 11.7 Å². The second-order valence-corrected chi connectivity index (χ2v) is 5.03. The number of likely N-dealkylation sites (N-methyl/N-ethyl adjacent to an activating group) is 1. The molecule has 1 unspecified atom stereocenters. The Hall–Kier alpha value is -1.26. The molecule has 0 saturated heterocycles. The number of hydrogen-bond acceptors (Lipinski definition) is 4. The number of halogens is 1. The van der Waals surface area contributed by atoms with Crippen LogP contribution in [0.1, 0.15) is 37.6 Å². The molecule has 0 spiro atoms. The summed E-state index contributed by atoms with van der Waals surface area (Å²) >= 11 is 6.00. The van der Waals surface area contributed by atoms with Gasteiger partial charge in [-0.05, 0) is 37.7 Å². The summed E-state index contributed by atoms with van der Waals surface area (Å²) in [7, 11) is 0. The van der Waals surface area contributed by atoms with Crippen molar-refractivity contribution < 1.29 is 9.53 Å². The van der Waals surface area contributed by atoms with E-state index in [1.165, 1.54) is 0 Å². The van der Waals surface area contributed by atoms with Gasteiger partial charge in [0.1, 0.15) is 6.61 Å². The highest BCUT2D eigenvalue weighted by atomic mass is 35.5. The molecule has 20 heavy (non-hydrogen) atoms. The maximum absolute atomic E-state index is 12.0. The molecule has 1 aromatic rings. The molecule has 0 bridgehead atoms. The van der Waals surface area contributed by atoms with Gasteiger partial charge in [-0.1, -0.05) is 32.4 Å². The molecular formula is C15H23ClN2O2. The average molecular weight is 299 g/mol. The molecule has 0 heterocycles. The Balaban J connectivity index is 2.66. The number of nitrogen functional groups attached to an aromatic ring is 1. The van der Waals surface area contributed by atoms with E-state index >= 15 is 0 Å². The van der Waals surface area contributed by atoms with Gasteiger partial charge in [0.25, 0.3) is 0 Å². The van der Waals surface area contributed by atoms with Gasteiger partial charge in [0.05, 0.1) is 10.6 Å². The Morgan fingerprint density at radius 1 is 1.35 bits per heavy atom. The van der Waals surface area contributed by atoms with E-state index in [1.54, 1.807) is 18.2 Å². The summed E-state index contributed by atoms with van der Waals surface area (Å²) in [5.41, 5.74) is 6.49. The number of nitrogens with two attached hydrogens (primary N) is 1. The minimum Gasteiger partial charge on any atom is -0.460 e. The zero-order chi connectivity index (χ0) is 15.1. The number of nitrogens with zero attached hydrogens (tertiary/aromatic N) is 1. The summed E-state index contributed by atoms with van der Waals surface area (Å²) in [4.78, 5) is 14.3. The molecule has 0 aromatic heterocycles. The van der Waals surface area contributed by atoms with Crippen LogP contribution in [0.4, 0.5) is 5.69 Å². The van der Waals surface area contributed by atoms with Crippen molar-refractivity contribution in [2.45, 2.75) is 33.2 Å². The number of anilines is 1. The molecule has 1 rings (SSSR count). The van der Waals surface area contributed by atoms with Crippen LogP contribution in [0.3, 0.4) is 0 Å². The van der Waals surface area contributed by atoms with Gasteiger partial charge in [-0.25, -0.2) is 4.79 Å². The third-order valence-corrected chi connectivity index (χ3v) is 3.73. The molecule has 0 aliphatic heterocycles. The Bertz CT molecular complexity index is 447. The summed E-state index contributed by atoms with van der Waals surface area (Å²) in [5, 5.41) is 0.325. The fourth-order valence-electron chi connectivity index (χ4n) is 2.17. The summed E-state index contributed by atoms with van der Waals surface area (Å²) in [6.45, 7) is 8.55. The number of ether oxygens (including phenoxy) is 1. The maximum Gasteiger partial charge on any atom is 0.339 e. The van der Waals surface area contributed by atoms with Crippen LogP contribution in [0.25, 0.3) is 0 Å². The fourth-order valence-corrected chi connectivity index (χ4v) is 2.43. The summed E-state index contributed by atoms with van der Waals surface area (Å²) in [5.74, 6) is -0.402. The Labute approximate surface area is 125 Å². The van der Waals surface area contributed by atoms with Gasteiger partial charge in [0.15, 0.2) is 0 Å². The van der Waals surface area contributed by atoms with Gasteiger partial charge in [-0.3, -0.25) is 4.90 Å². The summed E-state index contributed by atoms with van der Waals surface area (Å²) in [6.07, 6.45) is 0.935. The molecule has 0 aliphatic carbocycles. The Morgan fingerprint density at radius 2 is 2.00 bits per heavy atom. The lowest BCUT2D eigenvalue weighted by Crippen LogP contribution is -2.38. The maximum atomic E-state index is 12.0. The van der Waals surface area contributed by atoms with E-state index in [1.807, 2.05) is 0 Å². The van der Waals surface area contributed by atoms with Crippen LogP contribution in [0.15, 0.2) is 18.2 Å². The van der Waals surface area contributed by atoms with Gasteiger partial charge in [-0.2, -0.15) is 0 Å². The van der Waals surface area contributed by atoms with Crippen LogP contribution in [0, 0.1) is 0 Å². The molecule has 2 N–H and O–H groups in total. The minimum absolute atomic E-state index is 0.238. The van der Waals surface area contributed by atoms with Crippen LogP contribution in [0.2, 0.25) is 5.02 Å². The number of hydrogen-bond donors (Lipinski definition) is 1. The Kier molecular flexibility index (Phi) is 6.82. The smallest absolute Gasteiger partial charge is 0.339 e. The Morgan fingerprint density at radius 3 is 2.50 bits per heavy atom. The van der Waals surface area contributed by atoms with Crippen molar-refractivity contribution in [2.24, 2.45) is 0 Å². The van der Waals surface area contributed by atoms with E-state index in [0.29, 0.717) is 22.9 Å². The van der Waals surface area contributed by atoms with Gasteiger partial charge in [0.2, 0.25) is 0 Å². The third kappa shape index (κ3) is 4.39. The zero-order valence-corrected chi connectivity index (χ0v) is 13.1. The molecule has 4 nitrogen and oxygen atoms in total. The molecule has 1 aromatic carbocycles. The molecule has 1 atom stereocenters. The largest absolute Gasteiger partial charge is 0.460 e. The minimum atomic E-state index is -0.402. The summed E-state index contributed by atoms with van der Waals surface area (Å²) in [6, 6.07) is 5.03. The van der Waals surface area contributed by atoms with Crippen molar-refractivity contribution in [2.75, 3.05) is 25.4 Å². The van der Waals surface area contributed by atoms with Crippen molar-refractivity contribution in [3.05, 3.63) is 28.8 Å². The first kappa shape index (κ1) is 16.8. The predicted molar refractivity (Wildman–Crippen MR) is 83.1 cm³/mol. The molecule has 0 amide bonds. The predicted octanol–water partition coefficient (Wildman–Crippen LogP) is 3.20. The SMILES string of the molecule is CCC(COC(=O)c1ccc(N)cc1Cl)N(CC)CC. The van der Waals surface area contributed by atoms with Crippen LogP contribution in [-0.2, 0) is 4.74 Å². The van der Waals surface area contributed by atoms with Crippen LogP contribution in [-0.4, -0.2) is 36.6 Å². The first-order valence-corrected chi connectivity index (χ1v) is 7.37.